The molecule has 45 heavy (non-hydrogen) atoms. The van der Waals surface area contributed by atoms with E-state index < -0.39 is 0 Å². The molecule has 0 aliphatic rings. The molecule has 0 spiro atoms. The summed E-state index contributed by atoms with van der Waals surface area (Å²) < 4.78 is 10.6. The van der Waals surface area contributed by atoms with Crippen LogP contribution in [0.2, 0.25) is 0 Å². The third-order valence-corrected chi connectivity index (χ3v) is 8.35. The van der Waals surface area contributed by atoms with Crippen LogP contribution >= 0.6 is 0 Å². The third kappa shape index (κ3) is 4.33. The summed E-state index contributed by atoms with van der Waals surface area (Å²) in [6.45, 7) is 2.14. The van der Waals surface area contributed by atoms with Gasteiger partial charge in [-0.05, 0) is 58.7 Å². The number of hydrogen-bond acceptors (Lipinski definition) is 4. The van der Waals surface area contributed by atoms with Crippen LogP contribution in [0.4, 0.5) is 0 Å². The summed E-state index contributed by atoms with van der Waals surface area (Å²) in [5.41, 5.74) is 7.34. The zero-order valence-electron chi connectivity index (χ0n) is 24.0. The molecule has 4 heterocycles. The van der Waals surface area contributed by atoms with Crippen molar-refractivity contribution in [1.82, 2.24) is 24.1 Å². The van der Waals surface area contributed by atoms with Crippen LogP contribution in [-0.4, -0.2) is 24.1 Å². The Morgan fingerprint density at radius 1 is 0.689 bits per heavy atom. The predicted molar refractivity (Wildman–Crippen MR) is 174 cm³/mol. The molecule has 0 saturated carbocycles. The average molecular weight is 761 g/mol. The van der Waals surface area contributed by atoms with Crippen LogP contribution in [0.25, 0.3) is 66.1 Å². The molecule has 6 nitrogen and oxygen atoms in total. The Morgan fingerprint density at radius 2 is 1.44 bits per heavy atom. The first-order valence-corrected chi connectivity index (χ1v) is 14.5. The molecule has 0 radical (unpaired) electrons. The van der Waals surface area contributed by atoms with E-state index in [9.17, 15) is 0 Å². The van der Waals surface area contributed by atoms with Crippen molar-refractivity contribution in [3.63, 3.8) is 0 Å². The molecule has 9 rings (SSSR count). The molecule has 0 atom stereocenters. The number of hydrogen-bond donors (Lipinski definition) is 0. The first-order chi connectivity index (χ1) is 21.7. The van der Waals surface area contributed by atoms with Gasteiger partial charge in [0.05, 0.1) is 5.65 Å². The Bertz CT molecular complexity index is 2550. The number of fused-ring (bicyclic) bond motifs is 9. The van der Waals surface area contributed by atoms with Crippen molar-refractivity contribution >= 4 is 49.1 Å². The zero-order valence-corrected chi connectivity index (χ0v) is 26.3. The molecule has 0 amide bonds. The summed E-state index contributed by atoms with van der Waals surface area (Å²) in [5, 5.41) is 14.0. The van der Waals surface area contributed by atoms with Gasteiger partial charge in [-0.3, -0.25) is 0 Å². The molecule has 216 valence electrons. The molecule has 7 heteroatoms. The second-order valence-corrected chi connectivity index (χ2v) is 10.9. The number of benzene rings is 5. The largest absolute Gasteiger partial charge is 2.00 e. The van der Waals surface area contributed by atoms with Gasteiger partial charge in [0.15, 0.2) is 0 Å². The van der Waals surface area contributed by atoms with Gasteiger partial charge in [-0.25, -0.2) is 4.98 Å². The topological polar surface area (TPSA) is 57.2 Å². The monoisotopic (exact) mass is 760 g/mol. The molecule has 5 aromatic carbocycles. The first kappa shape index (κ1) is 27.2. The number of pyridine rings is 2. The van der Waals surface area contributed by atoms with Crippen LogP contribution < -0.4 is 4.74 Å². The van der Waals surface area contributed by atoms with Crippen LogP contribution in [0.1, 0.15) is 5.56 Å². The average Bonchev–Trinajstić information content (AvgIpc) is 3.69. The Morgan fingerprint density at radius 3 is 2.31 bits per heavy atom. The summed E-state index contributed by atoms with van der Waals surface area (Å²) in [7, 11) is 0. The second-order valence-electron chi connectivity index (χ2n) is 10.9. The summed E-state index contributed by atoms with van der Waals surface area (Å²) in [4.78, 5) is 4.63. The summed E-state index contributed by atoms with van der Waals surface area (Å²) in [6.07, 6.45) is 3.57. The third-order valence-electron chi connectivity index (χ3n) is 8.35. The molecule has 0 unspecified atom stereocenters. The standard InChI is InChI=1S/C38H23N5O.Pt/c1-24-8-2-3-9-28(24)25-13-16-31-29-17-14-26(21-33(29)38-41-40-23-42(38)35(31)20-25)44-27-15-18-32-30-10-4-5-11-34(30)43(36(32)22-27)37-12-6-7-19-39-37;/h2-20,23H,1H3;/q-2;+2. The van der Waals surface area contributed by atoms with Gasteiger partial charge in [0.25, 0.3) is 0 Å². The van der Waals surface area contributed by atoms with Crippen molar-refractivity contribution in [3.8, 4) is 28.4 Å². The minimum Gasteiger partial charge on any atom is -0.503 e. The van der Waals surface area contributed by atoms with E-state index in [4.69, 9.17) is 4.74 Å². The number of aryl methyl sites for hydroxylation is 1. The van der Waals surface area contributed by atoms with Crippen molar-refractivity contribution in [3.05, 3.63) is 139 Å². The minimum absolute atomic E-state index is 0. The summed E-state index contributed by atoms with van der Waals surface area (Å²) in [6, 6.07) is 44.3. The van der Waals surface area contributed by atoms with E-state index in [1.807, 2.05) is 40.8 Å². The van der Waals surface area contributed by atoms with Crippen molar-refractivity contribution in [2.24, 2.45) is 0 Å². The number of ether oxygens (including phenoxy) is 1. The van der Waals surface area contributed by atoms with E-state index in [2.05, 4.69) is 112 Å². The van der Waals surface area contributed by atoms with Crippen molar-refractivity contribution < 1.29 is 25.8 Å². The predicted octanol–water partition coefficient (Wildman–Crippen LogP) is 8.89. The van der Waals surface area contributed by atoms with Crippen LogP contribution in [0, 0.1) is 19.1 Å². The van der Waals surface area contributed by atoms with E-state index in [-0.39, 0.29) is 21.1 Å². The maximum atomic E-state index is 6.41. The van der Waals surface area contributed by atoms with Crippen LogP contribution in [0.5, 0.6) is 11.5 Å². The summed E-state index contributed by atoms with van der Waals surface area (Å²) in [5.74, 6) is 2.00. The molecule has 0 bridgehead atoms. The van der Waals surface area contributed by atoms with Gasteiger partial charge in [-0.2, -0.15) is 11.2 Å². The van der Waals surface area contributed by atoms with Crippen LogP contribution in [0.15, 0.2) is 122 Å². The molecular weight excluding hydrogens is 738 g/mol. The van der Waals surface area contributed by atoms with Gasteiger partial charge in [-0.15, -0.1) is 34.8 Å². The smallest absolute Gasteiger partial charge is 0.503 e. The fourth-order valence-electron chi connectivity index (χ4n) is 6.32. The SMILES string of the molecule is Cc1ccccc1-c1ccc2c3ccc(Oc4[c-]c5c(cc4)c4ccccc4n5-c4ccccn4)[c-]c3c3nncn3c2c1.[Pt+2]. The summed E-state index contributed by atoms with van der Waals surface area (Å²) >= 11 is 0. The van der Waals surface area contributed by atoms with E-state index in [0.29, 0.717) is 11.5 Å². The van der Waals surface area contributed by atoms with Crippen molar-refractivity contribution in [1.29, 1.82) is 0 Å². The van der Waals surface area contributed by atoms with E-state index in [1.165, 1.54) is 11.1 Å². The Hall–Kier alpha value is -5.32. The molecular formula is C38H23N5OPt. The number of rotatable bonds is 4. The molecule has 0 N–H and O–H groups in total. The maximum Gasteiger partial charge on any atom is 2.00 e. The van der Waals surface area contributed by atoms with Gasteiger partial charge in [0.2, 0.25) is 0 Å². The fraction of sp³-hybridized carbons (Fsp3) is 0.0263. The van der Waals surface area contributed by atoms with Crippen LogP contribution in [-0.2, 0) is 21.1 Å². The van der Waals surface area contributed by atoms with E-state index in [0.717, 1.165) is 60.5 Å². The first-order valence-electron chi connectivity index (χ1n) is 14.5. The zero-order chi connectivity index (χ0) is 29.2. The Labute approximate surface area is 272 Å². The van der Waals surface area contributed by atoms with Gasteiger partial charge in [0, 0.05) is 28.7 Å². The number of aromatic nitrogens is 5. The van der Waals surface area contributed by atoms with Gasteiger partial charge >= 0.3 is 21.1 Å². The second kappa shape index (κ2) is 10.7. The Balaban J connectivity index is 0.00000300. The van der Waals surface area contributed by atoms with Crippen molar-refractivity contribution in [2.75, 3.05) is 0 Å². The molecule has 4 aromatic heterocycles. The van der Waals surface area contributed by atoms with Gasteiger partial charge < -0.3 is 13.7 Å². The van der Waals surface area contributed by atoms with Gasteiger partial charge in [-0.1, -0.05) is 83.0 Å². The quantitative estimate of drug-likeness (QED) is 0.133. The number of nitrogens with zero attached hydrogens (tertiary/aromatic N) is 5. The van der Waals surface area contributed by atoms with E-state index in [1.54, 1.807) is 12.5 Å². The normalized spacial score (nSPS) is 11.5. The van der Waals surface area contributed by atoms with E-state index >= 15 is 0 Å². The molecule has 0 aliphatic heterocycles. The van der Waals surface area contributed by atoms with Crippen molar-refractivity contribution in [2.45, 2.75) is 6.92 Å². The molecule has 0 fully saturated rings. The minimum atomic E-state index is 0. The number of para-hydroxylation sites is 1. The Kier molecular flexibility index (Phi) is 6.47. The molecule has 9 aromatic rings. The molecule has 0 saturated heterocycles. The van der Waals surface area contributed by atoms with Gasteiger partial charge in [0.1, 0.15) is 12.1 Å². The van der Waals surface area contributed by atoms with Crippen LogP contribution in [0.3, 0.4) is 0 Å². The molecule has 0 aliphatic carbocycles. The fourth-order valence-corrected chi connectivity index (χ4v) is 6.32. The maximum absolute atomic E-state index is 6.41.